The van der Waals surface area contributed by atoms with E-state index in [1.807, 2.05) is 28.9 Å². The molecule has 7 rings (SSSR count). The van der Waals surface area contributed by atoms with Gasteiger partial charge in [0.25, 0.3) is 0 Å². The highest BCUT2D eigenvalue weighted by Gasteiger charge is 2.46. The first-order valence-electron chi connectivity index (χ1n) is 12.2. The largest absolute Gasteiger partial charge is 0.438 e. The molecule has 36 heavy (non-hydrogen) atoms. The number of ether oxygens (including phenoxy) is 1. The average Bonchev–Trinajstić information content (AvgIpc) is 3.59. The van der Waals surface area contributed by atoms with Crippen molar-refractivity contribution in [2.24, 2.45) is 11.1 Å². The van der Waals surface area contributed by atoms with Crippen LogP contribution in [0.4, 0.5) is 10.7 Å². The summed E-state index contributed by atoms with van der Waals surface area (Å²) >= 11 is 8.09. The molecule has 8 nitrogen and oxygen atoms in total. The number of thioether (sulfide) groups is 1. The Kier molecular flexibility index (Phi) is 5.09. The van der Waals surface area contributed by atoms with Crippen LogP contribution in [0.1, 0.15) is 30.0 Å². The zero-order chi connectivity index (χ0) is 24.4. The Morgan fingerprint density at radius 2 is 2.06 bits per heavy atom. The first-order valence-corrected chi connectivity index (χ1v) is 13.4. The number of carbonyl (C=O) groups is 1. The fourth-order valence-electron chi connectivity index (χ4n) is 6.05. The normalized spacial score (nSPS) is 26.3. The van der Waals surface area contributed by atoms with Gasteiger partial charge in [-0.1, -0.05) is 53.7 Å². The van der Waals surface area contributed by atoms with Gasteiger partial charge in [0.1, 0.15) is 0 Å². The predicted octanol–water partition coefficient (Wildman–Crippen LogP) is 4.16. The van der Waals surface area contributed by atoms with Crippen LogP contribution in [-0.4, -0.2) is 45.7 Å². The van der Waals surface area contributed by atoms with E-state index in [1.54, 1.807) is 6.20 Å². The van der Waals surface area contributed by atoms with Crippen LogP contribution < -0.4 is 16.0 Å². The zero-order valence-electron chi connectivity index (χ0n) is 19.4. The van der Waals surface area contributed by atoms with E-state index in [9.17, 15) is 4.79 Å². The number of hydrogen-bond acceptors (Lipinski definition) is 7. The summed E-state index contributed by atoms with van der Waals surface area (Å²) in [6.45, 7) is 1.80. The van der Waals surface area contributed by atoms with Crippen LogP contribution in [0, 0.1) is 5.41 Å². The number of aromatic nitrogens is 3. The van der Waals surface area contributed by atoms with Gasteiger partial charge in [0.15, 0.2) is 11.8 Å². The number of benzene rings is 1. The van der Waals surface area contributed by atoms with Crippen molar-refractivity contribution in [2.75, 3.05) is 18.0 Å². The zero-order valence-corrected chi connectivity index (χ0v) is 21.0. The maximum atomic E-state index is 11.6. The minimum absolute atomic E-state index is 0.0892. The lowest BCUT2D eigenvalue weighted by atomic mass is 9.73. The molecule has 2 aliphatic carbocycles. The number of fused-ring (bicyclic) bond motifs is 3. The van der Waals surface area contributed by atoms with Crippen LogP contribution in [0.3, 0.4) is 0 Å². The Hall–Kier alpha value is -3.01. The first kappa shape index (κ1) is 22.2. The quantitative estimate of drug-likeness (QED) is 0.535. The molecule has 1 spiro atoms. The molecule has 2 fully saturated rings. The summed E-state index contributed by atoms with van der Waals surface area (Å²) in [5.41, 5.74) is 10.4. The van der Waals surface area contributed by atoms with Crippen molar-refractivity contribution in [2.45, 2.75) is 42.3 Å². The number of nitrogens with zero attached hydrogens (tertiary/aromatic N) is 4. The lowest BCUT2D eigenvalue weighted by Gasteiger charge is -2.42. The third kappa shape index (κ3) is 3.37. The number of nitrogens with two attached hydrogens (primary N) is 1. The number of nitrogens with one attached hydrogen (secondary N) is 1. The topological polar surface area (TPSA) is 97.8 Å². The number of amides is 1. The van der Waals surface area contributed by atoms with Gasteiger partial charge in [-0.3, -0.25) is 4.40 Å². The molecule has 3 N–H and O–H groups in total. The van der Waals surface area contributed by atoms with Crippen LogP contribution in [-0.2, 0) is 11.2 Å². The SMILES string of the molecule is N[C@@H]1c2ccccc2CC12CCN(c1ncc(SC3=C(Cl)C4OC(=O)NC4C=C3)c3nccn13)CC2. The van der Waals surface area contributed by atoms with Crippen molar-refractivity contribution >= 4 is 41.1 Å². The van der Waals surface area contributed by atoms with E-state index in [4.69, 9.17) is 27.1 Å². The molecule has 1 amide bonds. The van der Waals surface area contributed by atoms with Crippen molar-refractivity contribution in [3.63, 3.8) is 0 Å². The van der Waals surface area contributed by atoms with Crippen molar-refractivity contribution in [3.8, 4) is 0 Å². The highest BCUT2D eigenvalue weighted by atomic mass is 35.5. The molecule has 0 radical (unpaired) electrons. The lowest BCUT2D eigenvalue weighted by molar-refractivity contribution is 0.153. The summed E-state index contributed by atoms with van der Waals surface area (Å²) in [5.74, 6) is 0.888. The lowest BCUT2D eigenvalue weighted by Crippen LogP contribution is -2.45. The van der Waals surface area contributed by atoms with E-state index >= 15 is 0 Å². The summed E-state index contributed by atoms with van der Waals surface area (Å²) in [6.07, 6.45) is 11.6. The summed E-state index contributed by atoms with van der Waals surface area (Å²) < 4.78 is 7.37. The Bertz CT molecular complexity index is 1440. The Morgan fingerprint density at radius 1 is 1.22 bits per heavy atom. The Morgan fingerprint density at radius 3 is 2.89 bits per heavy atom. The van der Waals surface area contributed by atoms with Crippen molar-refractivity contribution in [3.05, 3.63) is 76.1 Å². The second-order valence-electron chi connectivity index (χ2n) is 9.92. The minimum Gasteiger partial charge on any atom is -0.438 e. The van der Waals surface area contributed by atoms with Crippen molar-refractivity contribution in [1.82, 2.24) is 19.7 Å². The van der Waals surface area contributed by atoms with Crippen molar-refractivity contribution < 1.29 is 9.53 Å². The molecule has 2 aliphatic heterocycles. The van der Waals surface area contributed by atoms with Crippen molar-refractivity contribution in [1.29, 1.82) is 0 Å². The maximum absolute atomic E-state index is 11.6. The molecule has 2 aromatic heterocycles. The van der Waals surface area contributed by atoms with E-state index in [-0.39, 0.29) is 17.5 Å². The number of rotatable bonds is 3. The third-order valence-corrected chi connectivity index (χ3v) is 9.63. The van der Waals surface area contributed by atoms with E-state index in [1.165, 1.54) is 22.9 Å². The van der Waals surface area contributed by atoms with Crippen LogP contribution >= 0.6 is 23.4 Å². The molecule has 0 saturated carbocycles. The van der Waals surface area contributed by atoms with E-state index < -0.39 is 12.2 Å². The van der Waals surface area contributed by atoms with Crippen LogP contribution in [0.2, 0.25) is 0 Å². The molecular weight excluding hydrogens is 496 g/mol. The molecular formula is C26H25ClN6O2S. The van der Waals surface area contributed by atoms with Crippen LogP contribution in [0.15, 0.2) is 69.8 Å². The van der Waals surface area contributed by atoms with Gasteiger partial charge in [0.05, 0.1) is 16.0 Å². The number of carbonyl (C=O) groups excluding carboxylic acids is 1. The summed E-state index contributed by atoms with van der Waals surface area (Å²) in [4.78, 5) is 25.1. The van der Waals surface area contributed by atoms with Gasteiger partial charge >= 0.3 is 6.09 Å². The second kappa shape index (κ2) is 8.26. The van der Waals surface area contributed by atoms with Gasteiger partial charge in [-0.2, -0.15) is 0 Å². The fraction of sp³-hybridized carbons (Fsp3) is 0.346. The molecule has 1 aromatic carbocycles. The van der Waals surface area contributed by atoms with Gasteiger partial charge < -0.3 is 20.7 Å². The highest BCUT2D eigenvalue weighted by molar-refractivity contribution is 8.03. The van der Waals surface area contributed by atoms with E-state index in [0.29, 0.717) is 5.03 Å². The van der Waals surface area contributed by atoms with E-state index in [0.717, 1.165) is 53.7 Å². The molecule has 2 saturated heterocycles. The minimum atomic E-state index is -0.497. The number of imidazole rings is 1. The van der Waals surface area contributed by atoms with Gasteiger partial charge in [0, 0.05) is 42.6 Å². The third-order valence-electron chi connectivity index (χ3n) is 8.01. The van der Waals surface area contributed by atoms with Gasteiger partial charge in [-0.25, -0.2) is 14.8 Å². The van der Waals surface area contributed by atoms with Crippen LogP contribution in [0.5, 0.6) is 0 Å². The average molecular weight is 521 g/mol. The number of allylic oxidation sites excluding steroid dienone is 1. The molecule has 3 atom stereocenters. The molecule has 10 heteroatoms. The molecule has 3 aromatic rings. The predicted molar refractivity (Wildman–Crippen MR) is 139 cm³/mol. The fourth-order valence-corrected chi connectivity index (χ4v) is 7.36. The summed E-state index contributed by atoms with van der Waals surface area (Å²) in [6, 6.07) is 8.47. The maximum Gasteiger partial charge on any atom is 0.408 e. The monoisotopic (exact) mass is 520 g/mol. The first-order chi connectivity index (χ1) is 17.5. The summed E-state index contributed by atoms with van der Waals surface area (Å²) in [5, 5.41) is 3.26. The van der Waals surface area contributed by atoms with Gasteiger partial charge in [-0.15, -0.1) is 0 Å². The number of halogens is 1. The highest BCUT2D eigenvalue weighted by Crippen LogP contribution is 2.51. The molecule has 4 aliphatic rings. The number of anilines is 1. The van der Waals surface area contributed by atoms with Gasteiger partial charge in [-0.05, 0) is 41.9 Å². The molecule has 4 heterocycles. The second-order valence-corrected chi connectivity index (χ2v) is 11.4. The van der Waals surface area contributed by atoms with Crippen LogP contribution in [0.25, 0.3) is 5.65 Å². The number of hydrogen-bond donors (Lipinski definition) is 2. The standard InChI is InChI=1S/C26H25ClN6O2S/c27-20-18(6-5-17-21(20)35-25(34)31-17)36-19-14-30-24(33-12-9-29-23(19)33)32-10-7-26(8-11-32)13-15-3-1-2-4-16(15)22(26)28/h1-6,9,12,14,17,21-22H,7-8,10-11,13,28H2,(H,31,34)/t17?,21?,22-/m1/s1. The van der Waals surface area contributed by atoms with Gasteiger partial charge in [0.2, 0.25) is 5.95 Å². The molecule has 2 unspecified atom stereocenters. The number of alkyl carbamates (subject to hydrolysis) is 1. The summed E-state index contributed by atoms with van der Waals surface area (Å²) in [7, 11) is 0. The molecule has 184 valence electrons. The molecule has 0 bridgehead atoms. The number of piperidine rings is 1. The Labute approximate surface area is 217 Å². The smallest absolute Gasteiger partial charge is 0.408 e. The van der Waals surface area contributed by atoms with E-state index in [2.05, 4.69) is 39.5 Å². The Balaban J connectivity index is 1.12.